The molecule has 0 fully saturated rings. The summed E-state index contributed by atoms with van der Waals surface area (Å²) >= 11 is 7.28. The highest BCUT2D eigenvalue weighted by molar-refractivity contribution is 9.10. The van der Waals surface area contributed by atoms with Crippen molar-refractivity contribution in [1.29, 1.82) is 0 Å². The number of aryl methyl sites for hydroxylation is 1. The summed E-state index contributed by atoms with van der Waals surface area (Å²) in [6.45, 7) is 1.83. The van der Waals surface area contributed by atoms with E-state index in [1.54, 1.807) is 12.1 Å². The maximum absolute atomic E-state index is 10.7. The van der Waals surface area contributed by atoms with Crippen LogP contribution in [0, 0.1) is 6.92 Å². The second-order valence-corrected chi connectivity index (χ2v) is 3.73. The molecule has 12 heavy (non-hydrogen) atoms. The fourth-order valence-electron chi connectivity index (χ4n) is 0.905. The van der Waals surface area contributed by atoms with Crippen LogP contribution in [0.3, 0.4) is 0 Å². The largest absolute Gasteiger partial charge is 0.478 e. The first-order valence-corrected chi connectivity index (χ1v) is 4.49. The Labute approximate surface area is 84.1 Å². The van der Waals surface area contributed by atoms with Gasteiger partial charge in [0.15, 0.2) is 0 Å². The standard InChI is InChI=1S/C8H7BrO2S/c1-4-2-5(8(10)11)7(9)6(12)3-4/h2-3,12H,1H3,(H,10,11). The van der Waals surface area contributed by atoms with Gasteiger partial charge in [0, 0.05) is 9.37 Å². The average molecular weight is 247 g/mol. The van der Waals surface area contributed by atoms with Crippen molar-refractivity contribution in [3.05, 3.63) is 27.7 Å². The Balaban J connectivity index is 3.37. The van der Waals surface area contributed by atoms with Gasteiger partial charge in [-0.3, -0.25) is 0 Å². The molecule has 0 aliphatic heterocycles. The molecule has 0 saturated heterocycles. The van der Waals surface area contributed by atoms with Crippen LogP contribution in [0.5, 0.6) is 0 Å². The van der Waals surface area contributed by atoms with Crippen LogP contribution in [0.1, 0.15) is 15.9 Å². The molecule has 4 heteroatoms. The lowest BCUT2D eigenvalue weighted by Gasteiger charge is -2.03. The number of hydrogen-bond donors (Lipinski definition) is 2. The van der Waals surface area contributed by atoms with Crippen LogP contribution in [0.25, 0.3) is 0 Å². The van der Waals surface area contributed by atoms with Crippen LogP contribution in [0.15, 0.2) is 21.5 Å². The molecule has 0 radical (unpaired) electrons. The van der Waals surface area contributed by atoms with Crippen LogP contribution in [-0.2, 0) is 0 Å². The summed E-state index contributed by atoms with van der Waals surface area (Å²) < 4.78 is 0.531. The first-order chi connectivity index (χ1) is 5.52. The molecular formula is C8H7BrO2S. The molecule has 0 aliphatic carbocycles. The minimum atomic E-state index is -0.944. The zero-order chi connectivity index (χ0) is 9.30. The second kappa shape index (κ2) is 3.49. The molecule has 0 heterocycles. The van der Waals surface area contributed by atoms with E-state index < -0.39 is 5.97 Å². The first-order valence-electron chi connectivity index (χ1n) is 3.25. The zero-order valence-electron chi connectivity index (χ0n) is 6.34. The topological polar surface area (TPSA) is 37.3 Å². The van der Waals surface area contributed by atoms with E-state index >= 15 is 0 Å². The maximum atomic E-state index is 10.7. The van der Waals surface area contributed by atoms with Crippen molar-refractivity contribution >= 4 is 34.5 Å². The van der Waals surface area contributed by atoms with E-state index in [-0.39, 0.29) is 5.56 Å². The van der Waals surface area contributed by atoms with E-state index in [0.29, 0.717) is 9.37 Å². The summed E-state index contributed by atoms with van der Waals surface area (Å²) in [6, 6.07) is 3.41. The number of carboxylic acids is 1. The van der Waals surface area contributed by atoms with Gasteiger partial charge in [-0.2, -0.15) is 0 Å². The highest BCUT2D eigenvalue weighted by Crippen LogP contribution is 2.26. The van der Waals surface area contributed by atoms with Crippen LogP contribution in [0.2, 0.25) is 0 Å². The summed E-state index contributed by atoms with van der Waals surface area (Å²) in [5, 5.41) is 8.75. The molecule has 0 aliphatic rings. The number of hydrogen-bond acceptors (Lipinski definition) is 2. The average Bonchev–Trinajstić information content (AvgIpc) is 1.96. The number of carboxylic acid groups (broad SMARTS) is 1. The predicted octanol–water partition coefficient (Wildman–Crippen LogP) is 2.74. The Bertz CT molecular complexity index is 336. The van der Waals surface area contributed by atoms with Crippen molar-refractivity contribution in [3.63, 3.8) is 0 Å². The molecule has 0 spiro atoms. The molecule has 0 unspecified atom stereocenters. The minimum absolute atomic E-state index is 0.250. The summed E-state index contributed by atoms with van der Waals surface area (Å²) in [7, 11) is 0. The Morgan fingerprint density at radius 2 is 2.17 bits per heavy atom. The van der Waals surface area contributed by atoms with Crippen molar-refractivity contribution in [2.75, 3.05) is 0 Å². The van der Waals surface area contributed by atoms with Gasteiger partial charge in [0.05, 0.1) is 5.56 Å². The third-order valence-electron chi connectivity index (χ3n) is 1.43. The van der Waals surface area contributed by atoms with Gasteiger partial charge in [0.2, 0.25) is 0 Å². The molecule has 2 nitrogen and oxygen atoms in total. The molecule has 1 N–H and O–H groups in total. The van der Waals surface area contributed by atoms with E-state index in [0.717, 1.165) is 5.56 Å². The van der Waals surface area contributed by atoms with Crippen LogP contribution < -0.4 is 0 Å². The summed E-state index contributed by atoms with van der Waals surface area (Å²) in [4.78, 5) is 11.3. The van der Waals surface area contributed by atoms with Gasteiger partial charge in [-0.25, -0.2) is 4.79 Å². The lowest BCUT2D eigenvalue weighted by Crippen LogP contribution is -1.98. The SMILES string of the molecule is Cc1cc(S)c(Br)c(C(=O)O)c1. The lowest BCUT2D eigenvalue weighted by molar-refractivity contribution is 0.0695. The van der Waals surface area contributed by atoms with Gasteiger partial charge in [0.1, 0.15) is 0 Å². The Hall–Kier alpha value is -0.480. The van der Waals surface area contributed by atoms with Gasteiger partial charge in [0.25, 0.3) is 0 Å². The first kappa shape index (κ1) is 9.61. The smallest absolute Gasteiger partial charge is 0.336 e. The number of thiol groups is 1. The summed E-state index contributed by atoms with van der Waals surface area (Å²) in [5.74, 6) is -0.944. The minimum Gasteiger partial charge on any atom is -0.478 e. The fourth-order valence-corrected chi connectivity index (χ4v) is 1.63. The van der Waals surface area contributed by atoms with Crippen LogP contribution >= 0.6 is 28.6 Å². The highest BCUT2D eigenvalue weighted by Gasteiger charge is 2.10. The zero-order valence-corrected chi connectivity index (χ0v) is 8.82. The molecule has 0 atom stereocenters. The van der Waals surface area contributed by atoms with Crippen molar-refractivity contribution in [3.8, 4) is 0 Å². The van der Waals surface area contributed by atoms with Crippen LogP contribution in [0.4, 0.5) is 0 Å². The molecular weight excluding hydrogens is 240 g/mol. The van der Waals surface area contributed by atoms with E-state index in [1.807, 2.05) is 6.92 Å². The lowest BCUT2D eigenvalue weighted by atomic mass is 10.1. The normalized spacial score (nSPS) is 9.92. The third kappa shape index (κ3) is 1.81. The third-order valence-corrected chi connectivity index (χ3v) is 2.94. The quantitative estimate of drug-likeness (QED) is 0.748. The molecule has 1 rings (SSSR count). The number of halogens is 1. The summed E-state index contributed by atoms with van der Waals surface area (Å²) in [5.41, 5.74) is 1.14. The Morgan fingerprint density at radius 1 is 1.58 bits per heavy atom. The molecule has 1 aromatic rings. The second-order valence-electron chi connectivity index (χ2n) is 2.45. The van der Waals surface area contributed by atoms with Crippen molar-refractivity contribution in [2.24, 2.45) is 0 Å². The van der Waals surface area contributed by atoms with E-state index in [2.05, 4.69) is 28.6 Å². The molecule has 0 saturated carbocycles. The fraction of sp³-hybridized carbons (Fsp3) is 0.125. The molecule has 1 aromatic carbocycles. The molecule has 64 valence electrons. The van der Waals surface area contributed by atoms with Crippen molar-refractivity contribution in [1.82, 2.24) is 0 Å². The Morgan fingerprint density at radius 3 is 2.67 bits per heavy atom. The Kier molecular flexibility index (Phi) is 2.80. The molecule has 0 amide bonds. The highest BCUT2D eigenvalue weighted by atomic mass is 79.9. The summed E-state index contributed by atoms with van der Waals surface area (Å²) in [6.07, 6.45) is 0. The van der Waals surface area contributed by atoms with Gasteiger partial charge >= 0.3 is 5.97 Å². The number of carbonyl (C=O) groups is 1. The predicted molar refractivity (Wildman–Crippen MR) is 53.1 cm³/mol. The van der Waals surface area contributed by atoms with Gasteiger partial charge < -0.3 is 5.11 Å². The monoisotopic (exact) mass is 246 g/mol. The van der Waals surface area contributed by atoms with Gasteiger partial charge in [-0.05, 0) is 40.5 Å². The maximum Gasteiger partial charge on any atom is 0.336 e. The number of aromatic carboxylic acids is 1. The molecule has 0 aromatic heterocycles. The van der Waals surface area contributed by atoms with E-state index in [1.165, 1.54) is 0 Å². The van der Waals surface area contributed by atoms with E-state index in [9.17, 15) is 4.79 Å². The number of benzene rings is 1. The number of rotatable bonds is 1. The van der Waals surface area contributed by atoms with Crippen LogP contribution in [-0.4, -0.2) is 11.1 Å². The van der Waals surface area contributed by atoms with Crippen molar-refractivity contribution < 1.29 is 9.90 Å². The van der Waals surface area contributed by atoms with Gasteiger partial charge in [-0.1, -0.05) is 0 Å². The molecule has 0 bridgehead atoms. The van der Waals surface area contributed by atoms with Gasteiger partial charge in [-0.15, -0.1) is 12.6 Å². The van der Waals surface area contributed by atoms with Crippen molar-refractivity contribution in [2.45, 2.75) is 11.8 Å². The van der Waals surface area contributed by atoms with E-state index in [4.69, 9.17) is 5.11 Å².